The van der Waals surface area contributed by atoms with Gasteiger partial charge in [-0.1, -0.05) is 23.7 Å². The minimum Gasteiger partial charge on any atom is -0.549 e. The maximum atomic E-state index is 12.8. The molecule has 41 heavy (non-hydrogen) atoms. The second-order valence-electron chi connectivity index (χ2n) is 8.79. The van der Waals surface area contributed by atoms with Crippen LogP contribution in [0.4, 0.5) is 19.0 Å². The molecule has 1 aliphatic rings. The number of alkyl halides is 3. The van der Waals surface area contributed by atoms with Gasteiger partial charge in [0.2, 0.25) is 0 Å². The maximum absolute atomic E-state index is 12.8. The summed E-state index contributed by atoms with van der Waals surface area (Å²) in [6.07, 6.45) is -4.15. The van der Waals surface area contributed by atoms with Gasteiger partial charge in [0.15, 0.2) is 5.82 Å². The second-order valence-corrected chi connectivity index (χ2v) is 9.20. The Morgan fingerprint density at radius 3 is 2.32 bits per heavy atom. The number of rotatable bonds is 6. The van der Waals surface area contributed by atoms with Crippen molar-refractivity contribution in [2.45, 2.75) is 18.5 Å². The van der Waals surface area contributed by atoms with E-state index in [-0.39, 0.29) is 64.7 Å². The first kappa shape index (κ1) is 30.3. The van der Waals surface area contributed by atoms with Crippen LogP contribution in [0.25, 0.3) is 11.3 Å². The van der Waals surface area contributed by atoms with Gasteiger partial charge in [-0.25, -0.2) is 0 Å². The molecular weight excluding hydrogens is 574 g/mol. The molecule has 1 aliphatic heterocycles. The van der Waals surface area contributed by atoms with E-state index in [0.717, 1.165) is 12.1 Å². The number of carbonyl (C=O) groups is 2. The van der Waals surface area contributed by atoms with Crippen molar-refractivity contribution >= 4 is 29.3 Å². The zero-order valence-corrected chi connectivity index (χ0v) is 24.1. The van der Waals surface area contributed by atoms with Gasteiger partial charge in [-0.05, 0) is 61.0 Å². The van der Waals surface area contributed by atoms with Gasteiger partial charge >= 0.3 is 35.7 Å². The van der Waals surface area contributed by atoms with Gasteiger partial charge in [-0.15, -0.1) is 10.2 Å². The number of aliphatic carboxylic acids is 1. The standard InChI is InChI=1S/C28H19ClF3N3O5.Na/c29-21-13-20-19(27(37)38)11-12-39-23(20)14-24(21)40-18-7-3-16(4-8-18)26(36)33-25-10-9-22(34-35-25)15-1-5-17(6-2-15)28(30,31)32;/h1-10,13-14,19H,11-12H2,(H,37,38)(H,33,35,36);/q;+1/p-1. The molecule has 5 rings (SSSR count). The molecule has 0 saturated carbocycles. The summed E-state index contributed by atoms with van der Waals surface area (Å²) in [6.45, 7) is 0.221. The van der Waals surface area contributed by atoms with Crippen molar-refractivity contribution in [3.05, 3.63) is 94.5 Å². The van der Waals surface area contributed by atoms with E-state index in [0.29, 0.717) is 28.3 Å². The average Bonchev–Trinajstić information content (AvgIpc) is 2.93. The summed E-state index contributed by atoms with van der Waals surface area (Å²) in [4.78, 5) is 24.1. The van der Waals surface area contributed by atoms with Crippen LogP contribution in [-0.4, -0.2) is 28.7 Å². The van der Waals surface area contributed by atoms with E-state index < -0.39 is 29.5 Å². The van der Waals surface area contributed by atoms with Crippen molar-refractivity contribution in [2.24, 2.45) is 0 Å². The number of ether oxygens (including phenoxy) is 2. The zero-order valence-electron chi connectivity index (χ0n) is 21.4. The number of carboxylic acids is 1. The van der Waals surface area contributed by atoms with Crippen molar-refractivity contribution in [3.8, 4) is 28.5 Å². The fourth-order valence-corrected chi connectivity index (χ4v) is 4.30. The minimum atomic E-state index is -4.43. The molecule has 2 heterocycles. The molecule has 1 aromatic heterocycles. The first-order valence-electron chi connectivity index (χ1n) is 11.9. The molecule has 1 amide bonds. The molecule has 0 saturated heterocycles. The van der Waals surface area contributed by atoms with Crippen LogP contribution in [0.2, 0.25) is 5.02 Å². The molecule has 8 nitrogen and oxygen atoms in total. The summed E-state index contributed by atoms with van der Waals surface area (Å²) >= 11 is 6.31. The third kappa shape index (κ3) is 6.99. The predicted octanol–water partition coefficient (Wildman–Crippen LogP) is 2.48. The molecular formula is C28H18ClF3N3NaO5. The van der Waals surface area contributed by atoms with Gasteiger partial charge in [0.05, 0.1) is 22.9 Å². The number of benzene rings is 3. The number of nitrogens with one attached hydrogen (secondary N) is 1. The Bertz CT molecular complexity index is 1570. The molecule has 4 aromatic rings. The Hall–Kier alpha value is -3.64. The second kappa shape index (κ2) is 12.5. The molecule has 13 heteroatoms. The number of halogens is 4. The largest absolute Gasteiger partial charge is 1.00 e. The van der Waals surface area contributed by atoms with Crippen LogP contribution in [0.5, 0.6) is 17.2 Å². The number of hydrogen-bond acceptors (Lipinski definition) is 7. The number of carboxylic acid groups (broad SMARTS) is 1. The third-order valence-corrected chi connectivity index (χ3v) is 6.44. The van der Waals surface area contributed by atoms with E-state index in [4.69, 9.17) is 21.1 Å². The molecule has 0 radical (unpaired) electrons. The molecule has 1 atom stereocenters. The SMILES string of the molecule is O=C(Nc1ccc(-c2ccc(C(F)(F)F)cc2)nn1)c1ccc(Oc2cc3c(cc2Cl)C(C(=O)[O-])CCO3)cc1.[Na+]. The van der Waals surface area contributed by atoms with Crippen LogP contribution in [0.15, 0.2) is 72.8 Å². The average molecular weight is 592 g/mol. The number of amides is 1. The van der Waals surface area contributed by atoms with Crippen molar-refractivity contribution in [3.63, 3.8) is 0 Å². The van der Waals surface area contributed by atoms with Crippen LogP contribution in [0, 0.1) is 0 Å². The summed E-state index contributed by atoms with van der Waals surface area (Å²) in [5, 5.41) is 22.1. The fourth-order valence-electron chi connectivity index (χ4n) is 4.09. The van der Waals surface area contributed by atoms with E-state index in [2.05, 4.69) is 15.5 Å². The smallest absolute Gasteiger partial charge is 0.549 e. The molecule has 0 aliphatic carbocycles. The number of aromatic nitrogens is 2. The number of anilines is 1. The molecule has 0 fully saturated rings. The van der Waals surface area contributed by atoms with Crippen molar-refractivity contribution in [1.29, 1.82) is 0 Å². The Morgan fingerprint density at radius 1 is 1.00 bits per heavy atom. The van der Waals surface area contributed by atoms with E-state index >= 15 is 0 Å². The van der Waals surface area contributed by atoms with Gasteiger partial charge in [0, 0.05) is 34.6 Å². The Balaban J connectivity index is 0.00000387. The van der Waals surface area contributed by atoms with E-state index in [1.54, 1.807) is 12.1 Å². The first-order valence-corrected chi connectivity index (χ1v) is 12.2. The Morgan fingerprint density at radius 2 is 1.71 bits per heavy atom. The maximum Gasteiger partial charge on any atom is 1.00 e. The third-order valence-electron chi connectivity index (χ3n) is 6.15. The summed E-state index contributed by atoms with van der Waals surface area (Å²) in [7, 11) is 0. The monoisotopic (exact) mass is 591 g/mol. The summed E-state index contributed by atoms with van der Waals surface area (Å²) in [5.74, 6) is -1.39. The van der Waals surface area contributed by atoms with E-state index in [9.17, 15) is 27.9 Å². The summed E-state index contributed by atoms with van der Waals surface area (Å²) in [6, 6.07) is 16.7. The predicted molar refractivity (Wildman–Crippen MR) is 136 cm³/mol. The zero-order chi connectivity index (χ0) is 28.4. The molecule has 3 aromatic carbocycles. The van der Waals surface area contributed by atoms with Crippen molar-refractivity contribution in [2.75, 3.05) is 11.9 Å². The van der Waals surface area contributed by atoms with E-state index in [1.165, 1.54) is 48.5 Å². The number of carbonyl (C=O) groups excluding carboxylic acids is 2. The Labute approximate surface area is 258 Å². The van der Waals surface area contributed by atoms with Gasteiger partial charge < -0.3 is 24.7 Å². The van der Waals surface area contributed by atoms with Crippen LogP contribution < -0.4 is 49.5 Å². The van der Waals surface area contributed by atoms with Gasteiger partial charge in [-0.2, -0.15) is 13.2 Å². The molecule has 0 spiro atoms. The minimum absolute atomic E-state index is 0. The van der Waals surface area contributed by atoms with Crippen LogP contribution in [-0.2, 0) is 11.0 Å². The fraction of sp³-hybridized carbons (Fsp3) is 0.143. The van der Waals surface area contributed by atoms with Crippen LogP contribution in [0.3, 0.4) is 0 Å². The Kier molecular flexibility index (Phi) is 9.23. The quantitative estimate of drug-likeness (QED) is 0.343. The van der Waals surface area contributed by atoms with Gasteiger partial charge in [-0.3, -0.25) is 4.79 Å². The normalized spacial score (nSPS) is 14.2. The summed E-state index contributed by atoms with van der Waals surface area (Å²) in [5.41, 5.74) is 0.729. The van der Waals surface area contributed by atoms with E-state index in [1.807, 2.05) is 0 Å². The van der Waals surface area contributed by atoms with Crippen LogP contribution in [0.1, 0.15) is 33.8 Å². The van der Waals surface area contributed by atoms with Gasteiger partial charge in [0.1, 0.15) is 17.2 Å². The number of fused-ring (bicyclic) bond motifs is 1. The van der Waals surface area contributed by atoms with Gasteiger partial charge in [0.25, 0.3) is 5.91 Å². The van der Waals surface area contributed by atoms with Crippen molar-refractivity contribution in [1.82, 2.24) is 10.2 Å². The topological polar surface area (TPSA) is 113 Å². The molecule has 1 unspecified atom stereocenters. The first-order chi connectivity index (χ1) is 19.1. The molecule has 1 N–H and O–H groups in total. The number of hydrogen-bond donors (Lipinski definition) is 1. The molecule has 0 bridgehead atoms. The van der Waals surface area contributed by atoms with Crippen LogP contribution >= 0.6 is 11.6 Å². The van der Waals surface area contributed by atoms with Crippen molar-refractivity contribution < 1.29 is 66.9 Å². The number of nitrogens with zero attached hydrogens (tertiary/aromatic N) is 2. The summed E-state index contributed by atoms with van der Waals surface area (Å²) < 4.78 is 49.6. The molecule has 204 valence electrons.